The Hall–Kier alpha value is -0.840. The minimum Gasteiger partial charge on any atom is -0.207 e. The Kier molecular flexibility index (Phi) is 3.56. The summed E-state index contributed by atoms with van der Waals surface area (Å²) in [6, 6.07) is 6.29. The van der Waals surface area contributed by atoms with Crippen molar-refractivity contribution >= 4 is 21.6 Å². The standard InChI is InChI=1S/C12H14ClNO2S/c1-10-3-2-8-14(9-10)17(15,16)12-6-4-11(13)5-7-12/h3-7H,2,8-9H2,1H3. The van der Waals surface area contributed by atoms with Crippen LogP contribution >= 0.6 is 11.6 Å². The SMILES string of the molecule is CC1=CCCN(S(=O)(=O)c2ccc(Cl)cc2)C1. The summed E-state index contributed by atoms with van der Waals surface area (Å²) in [5, 5.41) is 0.540. The fraction of sp³-hybridized carbons (Fsp3) is 0.333. The quantitative estimate of drug-likeness (QED) is 0.776. The van der Waals surface area contributed by atoms with Crippen LogP contribution in [0.4, 0.5) is 0 Å². The zero-order chi connectivity index (χ0) is 12.5. The van der Waals surface area contributed by atoms with Crippen LogP contribution in [-0.4, -0.2) is 25.8 Å². The number of hydrogen-bond acceptors (Lipinski definition) is 2. The molecule has 0 fully saturated rings. The second-order valence-electron chi connectivity index (χ2n) is 4.13. The third-order valence-corrected chi connectivity index (χ3v) is 4.86. The lowest BCUT2D eigenvalue weighted by Gasteiger charge is -2.25. The molecule has 2 rings (SSSR count). The lowest BCUT2D eigenvalue weighted by atomic mass is 10.2. The first kappa shape index (κ1) is 12.6. The first-order valence-corrected chi connectivity index (χ1v) is 7.23. The zero-order valence-electron chi connectivity index (χ0n) is 9.56. The minimum atomic E-state index is -3.38. The molecule has 0 atom stereocenters. The molecule has 0 aliphatic carbocycles. The molecule has 1 aromatic carbocycles. The Labute approximate surface area is 107 Å². The molecule has 0 aromatic heterocycles. The average Bonchev–Trinajstić information content (AvgIpc) is 2.29. The Morgan fingerprint density at radius 3 is 2.47 bits per heavy atom. The molecule has 1 aliphatic rings. The van der Waals surface area contributed by atoms with E-state index in [2.05, 4.69) is 6.08 Å². The molecule has 0 N–H and O–H groups in total. The number of hydrogen-bond donors (Lipinski definition) is 0. The van der Waals surface area contributed by atoms with Gasteiger partial charge in [-0.15, -0.1) is 0 Å². The third kappa shape index (κ3) is 2.70. The molecule has 1 aromatic rings. The van der Waals surface area contributed by atoms with Crippen molar-refractivity contribution in [3.8, 4) is 0 Å². The summed E-state index contributed by atoms with van der Waals surface area (Å²) < 4.78 is 26.1. The maximum atomic E-state index is 12.3. The molecule has 5 heteroatoms. The van der Waals surface area contributed by atoms with Gasteiger partial charge in [-0.05, 0) is 37.6 Å². The van der Waals surface area contributed by atoms with Gasteiger partial charge in [0, 0.05) is 18.1 Å². The maximum Gasteiger partial charge on any atom is 0.243 e. The van der Waals surface area contributed by atoms with Gasteiger partial charge in [0.2, 0.25) is 10.0 Å². The van der Waals surface area contributed by atoms with E-state index in [-0.39, 0.29) is 0 Å². The second-order valence-corrected chi connectivity index (χ2v) is 6.51. The van der Waals surface area contributed by atoms with Crippen molar-refractivity contribution in [2.75, 3.05) is 13.1 Å². The summed E-state index contributed by atoms with van der Waals surface area (Å²) >= 11 is 5.75. The molecule has 0 saturated carbocycles. The minimum absolute atomic E-state index is 0.302. The topological polar surface area (TPSA) is 37.4 Å². The Morgan fingerprint density at radius 1 is 1.24 bits per heavy atom. The molecule has 0 radical (unpaired) electrons. The maximum absolute atomic E-state index is 12.3. The highest BCUT2D eigenvalue weighted by Gasteiger charge is 2.25. The molecule has 1 aliphatic heterocycles. The lowest BCUT2D eigenvalue weighted by molar-refractivity contribution is 0.428. The fourth-order valence-corrected chi connectivity index (χ4v) is 3.46. The van der Waals surface area contributed by atoms with E-state index < -0.39 is 10.0 Å². The summed E-state index contributed by atoms with van der Waals surface area (Å²) in [7, 11) is -3.38. The van der Waals surface area contributed by atoms with Crippen molar-refractivity contribution in [2.45, 2.75) is 18.2 Å². The smallest absolute Gasteiger partial charge is 0.207 e. The van der Waals surface area contributed by atoms with Crippen molar-refractivity contribution in [3.05, 3.63) is 40.9 Å². The van der Waals surface area contributed by atoms with Gasteiger partial charge in [0.05, 0.1) is 4.90 Å². The van der Waals surface area contributed by atoms with Gasteiger partial charge in [0.25, 0.3) is 0 Å². The van der Waals surface area contributed by atoms with Crippen LogP contribution in [0.5, 0.6) is 0 Å². The summed E-state index contributed by atoms with van der Waals surface area (Å²) in [6.45, 7) is 2.97. The molecular formula is C12H14ClNO2S. The summed E-state index contributed by atoms with van der Waals surface area (Å²) in [4.78, 5) is 0.302. The van der Waals surface area contributed by atoms with Crippen LogP contribution < -0.4 is 0 Å². The number of halogens is 1. The Balaban J connectivity index is 2.30. The average molecular weight is 272 g/mol. The van der Waals surface area contributed by atoms with Crippen LogP contribution in [-0.2, 0) is 10.0 Å². The summed E-state index contributed by atoms with van der Waals surface area (Å²) in [6.07, 6.45) is 2.85. The van der Waals surface area contributed by atoms with Crippen LogP contribution in [0.3, 0.4) is 0 Å². The van der Waals surface area contributed by atoms with Gasteiger partial charge < -0.3 is 0 Å². The van der Waals surface area contributed by atoms with Crippen LogP contribution in [0, 0.1) is 0 Å². The monoisotopic (exact) mass is 271 g/mol. The molecule has 0 amide bonds. The van der Waals surface area contributed by atoms with E-state index in [0.29, 0.717) is 23.0 Å². The molecule has 0 spiro atoms. The van der Waals surface area contributed by atoms with Gasteiger partial charge in [-0.2, -0.15) is 4.31 Å². The molecular weight excluding hydrogens is 258 g/mol. The lowest BCUT2D eigenvalue weighted by Crippen LogP contribution is -2.35. The Morgan fingerprint density at radius 2 is 1.88 bits per heavy atom. The number of benzene rings is 1. The number of rotatable bonds is 2. The van der Waals surface area contributed by atoms with Crippen LogP contribution in [0.2, 0.25) is 5.02 Å². The molecule has 1 heterocycles. The van der Waals surface area contributed by atoms with Gasteiger partial charge in [0.15, 0.2) is 0 Å². The van der Waals surface area contributed by atoms with E-state index in [0.717, 1.165) is 12.0 Å². The highest BCUT2D eigenvalue weighted by atomic mass is 35.5. The Bertz CT molecular complexity index is 534. The van der Waals surface area contributed by atoms with E-state index >= 15 is 0 Å². The molecule has 0 saturated heterocycles. The molecule has 0 bridgehead atoms. The van der Waals surface area contributed by atoms with Gasteiger partial charge in [0.1, 0.15) is 0 Å². The highest BCUT2D eigenvalue weighted by molar-refractivity contribution is 7.89. The van der Waals surface area contributed by atoms with E-state index in [1.807, 2.05) is 6.92 Å². The molecule has 17 heavy (non-hydrogen) atoms. The van der Waals surface area contributed by atoms with Crippen molar-refractivity contribution < 1.29 is 8.42 Å². The van der Waals surface area contributed by atoms with Crippen molar-refractivity contribution in [3.63, 3.8) is 0 Å². The highest BCUT2D eigenvalue weighted by Crippen LogP contribution is 2.21. The van der Waals surface area contributed by atoms with Gasteiger partial charge in [-0.3, -0.25) is 0 Å². The second kappa shape index (κ2) is 4.80. The first-order chi connectivity index (χ1) is 8.00. The van der Waals surface area contributed by atoms with Crippen molar-refractivity contribution in [2.24, 2.45) is 0 Å². The largest absolute Gasteiger partial charge is 0.243 e. The fourth-order valence-electron chi connectivity index (χ4n) is 1.84. The summed E-state index contributed by atoms with van der Waals surface area (Å²) in [5.74, 6) is 0. The van der Waals surface area contributed by atoms with E-state index in [1.165, 1.54) is 4.31 Å². The molecule has 92 valence electrons. The van der Waals surface area contributed by atoms with E-state index in [1.54, 1.807) is 24.3 Å². The van der Waals surface area contributed by atoms with Crippen molar-refractivity contribution in [1.82, 2.24) is 4.31 Å². The van der Waals surface area contributed by atoms with Crippen molar-refractivity contribution in [1.29, 1.82) is 0 Å². The van der Waals surface area contributed by atoms with Gasteiger partial charge in [-0.1, -0.05) is 23.3 Å². The normalized spacial score (nSPS) is 17.9. The number of sulfonamides is 1. The summed E-state index contributed by atoms with van der Waals surface area (Å²) in [5.41, 5.74) is 1.09. The van der Waals surface area contributed by atoms with Crippen LogP contribution in [0.15, 0.2) is 40.8 Å². The van der Waals surface area contributed by atoms with E-state index in [9.17, 15) is 8.42 Å². The number of nitrogens with zero attached hydrogens (tertiary/aromatic N) is 1. The predicted octanol–water partition coefficient (Wildman–Crippen LogP) is 2.68. The van der Waals surface area contributed by atoms with Gasteiger partial charge in [-0.25, -0.2) is 8.42 Å². The van der Waals surface area contributed by atoms with Crippen LogP contribution in [0.25, 0.3) is 0 Å². The molecule has 0 unspecified atom stereocenters. The van der Waals surface area contributed by atoms with Gasteiger partial charge >= 0.3 is 0 Å². The molecule has 3 nitrogen and oxygen atoms in total. The van der Waals surface area contributed by atoms with E-state index in [4.69, 9.17) is 11.6 Å². The zero-order valence-corrected chi connectivity index (χ0v) is 11.1. The predicted molar refractivity (Wildman–Crippen MR) is 68.6 cm³/mol. The van der Waals surface area contributed by atoms with Crippen LogP contribution in [0.1, 0.15) is 13.3 Å². The third-order valence-electron chi connectivity index (χ3n) is 2.75. The first-order valence-electron chi connectivity index (χ1n) is 5.41.